The van der Waals surface area contributed by atoms with E-state index in [1.807, 2.05) is 0 Å². The maximum atomic E-state index is 2.57. The summed E-state index contributed by atoms with van der Waals surface area (Å²) in [6.45, 7) is 9.56. The van der Waals surface area contributed by atoms with Crippen molar-refractivity contribution in [3.63, 3.8) is 0 Å². The van der Waals surface area contributed by atoms with E-state index >= 15 is 0 Å². The molecule has 0 bridgehead atoms. The van der Waals surface area contributed by atoms with E-state index in [2.05, 4.69) is 221 Å². The summed E-state index contributed by atoms with van der Waals surface area (Å²) >= 11 is 0. The number of benzene rings is 8. The molecule has 0 amide bonds. The van der Waals surface area contributed by atoms with Crippen molar-refractivity contribution in [3.8, 4) is 33.4 Å². The van der Waals surface area contributed by atoms with Crippen molar-refractivity contribution in [2.75, 3.05) is 4.90 Å². The Morgan fingerprint density at radius 1 is 0.348 bits per heavy atom. The van der Waals surface area contributed by atoms with Gasteiger partial charge in [0.1, 0.15) is 0 Å². The molecule has 316 valence electrons. The van der Waals surface area contributed by atoms with Gasteiger partial charge in [-0.25, -0.2) is 0 Å². The molecule has 0 heterocycles. The van der Waals surface area contributed by atoms with Gasteiger partial charge in [0.15, 0.2) is 0 Å². The van der Waals surface area contributed by atoms with Crippen LogP contribution in [0.25, 0.3) is 55.3 Å². The van der Waals surface area contributed by atoms with E-state index in [1.165, 1.54) is 128 Å². The Hall–Kier alpha value is -7.22. The van der Waals surface area contributed by atoms with Crippen molar-refractivity contribution in [1.82, 2.24) is 0 Å². The largest absolute Gasteiger partial charge is 0.310 e. The highest BCUT2D eigenvalue weighted by Gasteiger charge is 2.55. The first-order valence-corrected chi connectivity index (χ1v) is 24.1. The molecule has 6 aliphatic carbocycles. The van der Waals surface area contributed by atoms with Gasteiger partial charge >= 0.3 is 0 Å². The molecule has 1 atom stereocenters. The van der Waals surface area contributed by atoms with Gasteiger partial charge in [-0.2, -0.15) is 0 Å². The highest BCUT2D eigenvalue weighted by atomic mass is 15.1. The summed E-state index contributed by atoms with van der Waals surface area (Å²) in [5.74, 6) is 0. The first-order valence-electron chi connectivity index (χ1n) is 24.1. The lowest BCUT2D eigenvalue weighted by atomic mass is 9.68. The van der Waals surface area contributed by atoms with E-state index in [4.69, 9.17) is 0 Å². The third kappa shape index (κ3) is 4.85. The summed E-state index contributed by atoms with van der Waals surface area (Å²) < 4.78 is 0. The molecule has 0 N–H and O–H groups in total. The molecule has 1 unspecified atom stereocenters. The van der Waals surface area contributed by atoms with Crippen LogP contribution in [-0.4, -0.2) is 0 Å². The van der Waals surface area contributed by atoms with Gasteiger partial charge in [-0.05, 0) is 168 Å². The van der Waals surface area contributed by atoms with Gasteiger partial charge < -0.3 is 4.90 Å². The Balaban J connectivity index is 0.977. The number of rotatable bonds is 4. The van der Waals surface area contributed by atoms with Gasteiger partial charge in [0.25, 0.3) is 0 Å². The molecule has 1 heteroatoms. The number of hydrogen-bond donors (Lipinski definition) is 0. The quantitative estimate of drug-likeness (QED) is 0.171. The molecular formula is C65H51N. The van der Waals surface area contributed by atoms with Crippen LogP contribution in [0.3, 0.4) is 0 Å². The summed E-state index contributed by atoms with van der Waals surface area (Å²) in [6, 6.07) is 63.0. The molecule has 0 aliphatic heterocycles. The van der Waals surface area contributed by atoms with Crippen molar-refractivity contribution in [1.29, 1.82) is 0 Å². The maximum absolute atomic E-state index is 2.57. The highest BCUT2D eigenvalue weighted by molar-refractivity contribution is 6.09. The predicted octanol–water partition coefficient (Wildman–Crippen LogP) is 17.1. The van der Waals surface area contributed by atoms with Crippen LogP contribution in [-0.2, 0) is 16.2 Å². The van der Waals surface area contributed by atoms with Gasteiger partial charge in [0, 0.05) is 27.6 Å². The fourth-order valence-corrected chi connectivity index (χ4v) is 13.6. The average molecular weight is 846 g/mol. The van der Waals surface area contributed by atoms with Gasteiger partial charge in [0.2, 0.25) is 0 Å². The first kappa shape index (κ1) is 38.1. The molecule has 0 saturated heterocycles. The van der Waals surface area contributed by atoms with Crippen molar-refractivity contribution in [2.45, 2.75) is 69.6 Å². The third-order valence-corrected chi connectivity index (χ3v) is 16.6. The van der Waals surface area contributed by atoms with Gasteiger partial charge in [-0.15, -0.1) is 0 Å². The van der Waals surface area contributed by atoms with Crippen LogP contribution in [0.2, 0.25) is 0 Å². The molecule has 8 aromatic carbocycles. The van der Waals surface area contributed by atoms with E-state index in [9.17, 15) is 0 Å². The SMILES string of the molecule is CC1(C)c2ccccc2-c2ccc(N(c3ccc4c(c3)C(C)(C)c3ccccc3-4)c3ccc(-c4ccc5c(c4)C4(C6=CCCC=C6c6ccccc64)C4=CCCC=C45)c4ccccc34)cc21. The van der Waals surface area contributed by atoms with E-state index in [0.717, 1.165) is 25.7 Å². The molecule has 1 spiro atoms. The zero-order chi connectivity index (χ0) is 44.1. The van der Waals surface area contributed by atoms with Gasteiger partial charge in [-0.3, -0.25) is 0 Å². The average Bonchev–Trinajstić information content (AvgIpc) is 3.99. The zero-order valence-electron chi connectivity index (χ0n) is 38.2. The molecule has 0 radical (unpaired) electrons. The van der Waals surface area contributed by atoms with Crippen LogP contribution >= 0.6 is 0 Å². The number of nitrogens with zero attached hydrogens (tertiary/aromatic N) is 1. The zero-order valence-corrected chi connectivity index (χ0v) is 38.2. The van der Waals surface area contributed by atoms with E-state index in [-0.39, 0.29) is 16.2 Å². The lowest BCUT2D eigenvalue weighted by Crippen LogP contribution is -2.27. The lowest BCUT2D eigenvalue weighted by Gasteiger charge is -2.33. The number of fused-ring (bicyclic) bond motifs is 17. The summed E-state index contributed by atoms with van der Waals surface area (Å²) in [6.07, 6.45) is 14.5. The summed E-state index contributed by atoms with van der Waals surface area (Å²) in [5.41, 5.74) is 27.9. The minimum atomic E-state index is -0.297. The number of hydrogen-bond acceptors (Lipinski definition) is 1. The van der Waals surface area contributed by atoms with Gasteiger partial charge in [-0.1, -0.05) is 179 Å². The fraction of sp³-hybridized carbons (Fsp3) is 0.169. The standard InChI is InChI=1S/C65H51N/c1-63(2)54-24-12-7-18-45(54)50-33-30-41(38-59(50)63)66(42-31-34-51-46-19-8-13-25-55(46)64(3,4)60(51)39-42)62-36-35-43(44-17-5-6-23-53(44)62)40-29-32-52-49-22-11-16-28-58(49)65(61(52)37-40)56-26-14-9-20-47(56)48-21-10-15-27-57(48)65/h5-9,12-14,17-39H,10-11,15-16H2,1-4H3. The van der Waals surface area contributed by atoms with Gasteiger partial charge in [0.05, 0.1) is 11.1 Å². The van der Waals surface area contributed by atoms with Crippen LogP contribution in [0.5, 0.6) is 0 Å². The summed E-state index contributed by atoms with van der Waals surface area (Å²) in [5, 5.41) is 2.50. The number of allylic oxidation sites excluding steroid dienone is 8. The molecule has 0 fully saturated rings. The highest BCUT2D eigenvalue weighted by Crippen LogP contribution is 2.66. The molecule has 6 aliphatic rings. The van der Waals surface area contributed by atoms with Crippen molar-refractivity contribution in [3.05, 3.63) is 244 Å². The molecule has 8 aromatic rings. The monoisotopic (exact) mass is 845 g/mol. The van der Waals surface area contributed by atoms with E-state index in [0.29, 0.717) is 0 Å². The predicted molar refractivity (Wildman–Crippen MR) is 277 cm³/mol. The minimum Gasteiger partial charge on any atom is -0.310 e. The van der Waals surface area contributed by atoms with E-state index in [1.54, 1.807) is 0 Å². The van der Waals surface area contributed by atoms with Crippen LogP contribution in [0.4, 0.5) is 17.1 Å². The Labute approximate surface area is 388 Å². The smallest absolute Gasteiger partial charge is 0.0719 e. The Kier molecular flexibility index (Phi) is 7.75. The van der Waals surface area contributed by atoms with Crippen molar-refractivity contribution < 1.29 is 0 Å². The van der Waals surface area contributed by atoms with Crippen LogP contribution in [0.1, 0.15) is 97.9 Å². The molecule has 0 saturated carbocycles. The topological polar surface area (TPSA) is 3.24 Å². The van der Waals surface area contributed by atoms with Crippen LogP contribution in [0.15, 0.2) is 199 Å². The second kappa shape index (κ2) is 13.4. The molecule has 66 heavy (non-hydrogen) atoms. The lowest BCUT2D eigenvalue weighted by molar-refractivity contribution is 0.660. The molecular weight excluding hydrogens is 795 g/mol. The first-order chi connectivity index (χ1) is 32.3. The molecule has 0 aromatic heterocycles. The minimum absolute atomic E-state index is 0.125. The third-order valence-electron chi connectivity index (χ3n) is 16.6. The second-order valence-electron chi connectivity index (χ2n) is 20.5. The summed E-state index contributed by atoms with van der Waals surface area (Å²) in [4.78, 5) is 2.55. The maximum Gasteiger partial charge on any atom is 0.0719 e. The fourth-order valence-electron chi connectivity index (χ4n) is 13.6. The van der Waals surface area contributed by atoms with E-state index < -0.39 is 0 Å². The van der Waals surface area contributed by atoms with Crippen LogP contribution < -0.4 is 4.90 Å². The summed E-state index contributed by atoms with van der Waals surface area (Å²) in [7, 11) is 0. The second-order valence-corrected chi connectivity index (χ2v) is 20.5. The van der Waals surface area contributed by atoms with Crippen molar-refractivity contribution in [2.24, 2.45) is 0 Å². The van der Waals surface area contributed by atoms with Crippen molar-refractivity contribution >= 4 is 39.0 Å². The Morgan fingerprint density at radius 3 is 1.41 bits per heavy atom. The Morgan fingerprint density at radius 2 is 0.803 bits per heavy atom. The van der Waals surface area contributed by atoms with Crippen LogP contribution in [0, 0.1) is 0 Å². The number of anilines is 3. The normalized spacial score (nSPS) is 19.3. The molecule has 1 nitrogen and oxygen atoms in total. The Bertz CT molecular complexity index is 3480. The molecule has 14 rings (SSSR count).